The van der Waals surface area contributed by atoms with Crippen LogP contribution < -0.4 is 15.2 Å². The van der Waals surface area contributed by atoms with Crippen LogP contribution in [-0.2, 0) is 13.2 Å². The number of carbonyl (C=O) groups is 1. The Kier molecular flexibility index (Phi) is 6.47. The van der Waals surface area contributed by atoms with Crippen LogP contribution in [0.5, 0.6) is 11.5 Å². The Balaban J connectivity index is 1.48. The van der Waals surface area contributed by atoms with E-state index < -0.39 is 5.91 Å². The molecule has 1 amide bonds. The number of hydrogen-bond donors (Lipinski definition) is 1. The minimum absolute atomic E-state index is 0.439. The molecule has 0 bridgehead atoms. The molecule has 0 spiro atoms. The van der Waals surface area contributed by atoms with E-state index in [1.165, 1.54) is 0 Å². The molecule has 0 saturated heterocycles. The number of ether oxygens (including phenoxy) is 2. The molecule has 0 aliphatic carbocycles. The normalized spacial score (nSPS) is 11.1. The maximum Gasteiger partial charge on any atom is 0.249 e. The molecule has 39 heavy (non-hydrogen) atoms. The van der Waals surface area contributed by atoms with Crippen LogP contribution in [0.4, 0.5) is 0 Å². The van der Waals surface area contributed by atoms with Gasteiger partial charge in [0.1, 0.15) is 18.1 Å². The van der Waals surface area contributed by atoms with Crippen molar-refractivity contribution in [1.82, 2.24) is 4.57 Å². The smallest absolute Gasteiger partial charge is 0.249 e. The fourth-order valence-electron chi connectivity index (χ4n) is 5.16. The first-order chi connectivity index (χ1) is 19.1. The zero-order valence-electron chi connectivity index (χ0n) is 21.6. The summed E-state index contributed by atoms with van der Waals surface area (Å²) < 4.78 is 13.9. The molecule has 0 radical (unpaired) electrons. The Hall–Kier alpha value is -5.03. The Morgan fingerprint density at radius 1 is 0.769 bits per heavy atom. The number of methoxy groups -OCH3 is 1. The molecule has 0 aliphatic heterocycles. The quantitative estimate of drug-likeness (QED) is 0.235. The Morgan fingerprint density at radius 3 is 2.28 bits per heavy atom. The first-order valence-electron chi connectivity index (χ1n) is 12.9. The van der Waals surface area contributed by atoms with Crippen molar-refractivity contribution < 1.29 is 14.3 Å². The molecule has 5 heteroatoms. The van der Waals surface area contributed by atoms with Crippen molar-refractivity contribution in [1.29, 1.82) is 0 Å². The average Bonchev–Trinajstić information content (AvgIpc) is 3.30. The fraction of sp³-hybridized carbons (Fsp3) is 0.0882. The van der Waals surface area contributed by atoms with Crippen LogP contribution in [0.3, 0.4) is 0 Å². The Bertz CT molecular complexity index is 1790. The molecule has 0 unspecified atom stereocenters. The van der Waals surface area contributed by atoms with Crippen molar-refractivity contribution in [3.63, 3.8) is 0 Å². The van der Waals surface area contributed by atoms with Gasteiger partial charge < -0.3 is 19.8 Å². The van der Waals surface area contributed by atoms with Gasteiger partial charge in [-0.1, -0.05) is 78.9 Å². The lowest BCUT2D eigenvalue weighted by Gasteiger charge is -2.14. The first-order valence-corrected chi connectivity index (χ1v) is 12.9. The summed E-state index contributed by atoms with van der Waals surface area (Å²) in [4.78, 5) is 12.4. The number of carbonyl (C=O) groups excluding carboxylic acids is 1. The highest BCUT2D eigenvalue weighted by molar-refractivity contribution is 6.18. The zero-order chi connectivity index (χ0) is 26.8. The van der Waals surface area contributed by atoms with Crippen LogP contribution in [0.15, 0.2) is 115 Å². The number of fused-ring (bicyclic) bond motifs is 3. The van der Waals surface area contributed by atoms with Gasteiger partial charge in [-0.05, 0) is 53.1 Å². The molecule has 1 aromatic heterocycles. The van der Waals surface area contributed by atoms with Gasteiger partial charge in [0.25, 0.3) is 0 Å². The molecule has 0 fully saturated rings. The van der Waals surface area contributed by atoms with E-state index in [0.717, 1.165) is 55.6 Å². The molecule has 2 N–H and O–H groups in total. The van der Waals surface area contributed by atoms with E-state index in [1.807, 2.05) is 60.7 Å². The predicted octanol–water partition coefficient (Wildman–Crippen LogP) is 7.20. The molecule has 0 aliphatic rings. The zero-order valence-corrected chi connectivity index (χ0v) is 21.6. The van der Waals surface area contributed by atoms with E-state index in [2.05, 4.69) is 53.1 Å². The summed E-state index contributed by atoms with van der Waals surface area (Å²) in [5.41, 5.74) is 12.6. The van der Waals surface area contributed by atoms with Gasteiger partial charge in [0.2, 0.25) is 5.91 Å². The van der Waals surface area contributed by atoms with Gasteiger partial charge in [-0.2, -0.15) is 0 Å². The molecule has 0 saturated carbocycles. The molecular formula is C34H28N2O3. The molecule has 5 aromatic carbocycles. The van der Waals surface area contributed by atoms with E-state index in [0.29, 0.717) is 18.7 Å². The number of benzene rings is 5. The summed E-state index contributed by atoms with van der Waals surface area (Å²) in [6.07, 6.45) is 0. The summed E-state index contributed by atoms with van der Waals surface area (Å²) in [7, 11) is 1.66. The third-order valence-corrected chi connectivity index (χ3v) is 7.12. The van der Waals surface area contributed by atoms with Gasteiger partial charge in [0.05, 0.1) is 24.7 Å². The molecule has 0 atom stereocenters. The van der Waals surface area contributed by atoms with Gasteiger partial charge >= 0.3 is 0 Å². The number of aromatic nitrogens is 1. The predicted molar refractivity (Wildman–Crippen MR) is 156 cm³/mol. The topological polar surface area (TPSA) is 66.5 Å². The molecular weight excluding hydrogens is 484 g/mol. The standard InChI is InChI=1S/C34H28N2O3/c1-38-27-17-14-24(15-18-27)25-16-19-28-31(20-25)36(30-12-7-11-29(33(28)30)34(35)37)21-26-10-5-6-13-32(26)39-22-23-8-3-2-4-9-23/h2-20H,21-22H2,1H3,(H2,35,37). The molecule has 5 nitrogen and oxygen atoms in total. The first kappa shape index (κ1) is 24.3. The molecule has 192 valence electrons. The number of rotatable bonds is 8. The number of primary amides is 1. The number of amides is 1. The van der Waals surface area contributed by atoms with Crippen LogP contribution in [-0.4, -0.2) is 17.6 Å². The molecule has 6 rings (SSSR count). The summed E-state index contributed by atoms with van der Waals surface area (Å²) in [5, 5.41) is 1.85. The highest BCUT2D eigenvalue weighted by Crippen LogP contribution is 2.36. The van der Waals surface area contributed by atoms with Crippen LogP contribution in [0.25, 0.3) is 32.9 Å². The van der Waals surface area contributed by atoms with E-state index in [4.69, 9.17) is 15.2 Å². The highest BCUT2D eigenvalue weighted by Gasteiger charge is 2.18. The number of nitrogens with two attached hydrogens (primary N) is 1. The van der Waals surface area contributed by atoms with Gasteiger partial charge in [0, 0.05) is 21.9 Å². The lowest BCUT2D eigenvalue weighted by molar-refractivity contribution is 0.100. The number of para-hydroxylation sites is 1. The van der Waals surface area contributed by atoms with Crippen LogP contribution >= 0.6 is 0 Å². The van der Waals surface area contributed by atoms with Crippen molar-refractivity contribution in [2.75, 3.05) is 7.11 Å². The number of hydrogen-bond acceptors (Lipinski definition) is 3. The lowest BCUT2D eigenvalue weighted by atomic mass is 10.0. The Morgan fingerprint density at radius 2 is 1.51 bits per heavy atom. The van der Waals surface area contributed by atoms with E-state index in [1.54, 1.807) is 13.2 Å². The maximum atomic E-state index is 12.4. The van der Waals surface area contributed by atoms with Crippen molar-refractivity contribution in [2.45, 2.75) is 13.2 Å². The van der Waals surface area contributed by atoms with Crippen molar-refractivity contribution in [3.8, 4) is 22.6 Å². The SMILES string of the molecule is COc1ccc(-c2ccc3c4c(C(N)=O)cccc4n(Cc4ccccc4OCc4ccccc4)c3c2)cc1. The van der Waals surface area contributed by atoms with Crippen molar-refractivity contribution in [3.05, 3.63) is 132 Å². The minimum Gasteiger partial charge on any atom is -0.497 e. The van der Waals surface area contributed by atoms with Crippen molar-refractivity contribution >= 4 is 27.7 Å². The third-order valence-electron chi connectivity index (χ3n) is 7.12. The minimum atomic E-state index is -0.439. The second-order valence-corrected chi connectivity index (χ2v) is 9.49. The molecule has 1 heterocycles. The summed E-state index contributed by atoms with van der Waals surface area (Å²) >= 11 is 0. The number of nitrogens with zero attached hydrogens (tertiary/aromatic N) is 1. The van der Waals surface area contributed by atoms with Crippen LogP contribution in [0.1, 0.15) is 21.5 Å². The third kappa shape index (κ3) is 4.71. The van der Waals surface area contributed by atoms with Gasteiger partial charge in [-0.3, -0.25) is 4.79 Å². The summed E-state index contributed by atoms with van der Waals surface area (Å²) in [6, 6.07) is 38.3. The fourth-order valence-corrected chi connectivity index (χ4v) is 5.16. The second-order valence-electron chi connectivity index (χ2n) is 9.49. The highest BCUT2D eigenvalue weighted by atomic mass is 16.5. The van der Waals surface area contributed by atoms with Gasteiger partial charge in [-0.25, -0.2) is 0 Å². The van der Waals surface area contributed by atoms with Crippen molar-refractivity contribution in [2.24, 2.45) is 5.73 Å². The van der Waals surface area contributed by atoms with E-state index in [-0.39, 0.29) is 0 Å². The van der Waals surface area contributed by atoms with Gasteiger partial charge in [0.15, 0.2) is 0 Å². The Labute approximate surface area is 227 Å². The van der Waals surface area contributed by atoms with Crippen LogP contribution in [0.2, 0.25) is 0 Å². The second kappa shape index (κ2) is 10.4. The maximum absolute atomic E-state index is 12.4. The van der Waals surface area contributed by atoms with E-state index >= 15 is 0 Å². The summed E-state index contributed by atoms with van der Waals surface area (Å²) in [6.45, 7) is 1.05. The van der Waals surface area contributed by atoms with Gasteiger partial charge in [-0.15, -0.1) is 0 Å². The lowest BCUT2D eigenvalue weighted by Crippen LogP contribution is -2.11. The monoisotopic (exact) mass is 512 g/mol. The average molecular weight is 513 g/mol. The largest absolute Gasteiger partial charge is 0.497 e. The summed E-state index contributed by atoms with van der Waals surface area (Å²) in [5.74, 6) is 1.20. The van der Waals surface area contributed by atoms with Crippen LogP contribution in [0, 0.1) is 0 Å². The van der Waals surface area contributed by atoms with E-state index in [9.17, 15) is 4.79 Å². The molecule has 6 aromatic rings.